The minimum atomic E-state index is -0.460. The molecule has 0 radical (unpaired) electrons. The van der Waals surface area contributed by atoms with Crippen LogP contribution in [0.4, 0.5) is 0 Å². The minimum Gasteiger partial charge on any atom is -0.493 e. The lowest BCUT2D eigenvalue weighted by Gasteiger charge is -2.74. The SMILES string of the molecule is COCCOCCOCCOC12CCC3(C[C@@H]1COCc1ccccc1)[C@H]1Cc4ccc(OC)c5c4C3(CCN1CC1CC1)[C@H]2O5. The van der Waals surface area contributed by atoms with Crippen LogP contribution in [-0.4, -0.2) is 96.2 Å². The number of nitrogens with zero attached hydrogens (tertiary/aromatic N) is 1. The van der Waals surface area contributed by atoms with Gasteiger partial charge in [-0.05, 0) is 74.6 Å². The first-order valence-electron chi connectivity index (χ1n) is 17.7. The zero-order valence-electron chi connectivity index (χ0n) is 27.7. The van der Waals surface area contributed by atoms with E-state index in [9.17, 15) is 0 Å². The molecule has 0 aromatic heterocycles. The van der Waals surface area contributed by atoms with Crippen molar-refractivity contribution in [2.45, 2.75) is 74.7 Å². The molecule has 46 heavy (non-hydrogen) atoms. The number of rotatable bonds is 17. The molecular formula is C38H51NO7. The van der Waals surface area contributed by atoms with Gasteiger partial charge in [-0.3, -0.25) is 4.90 Å². The first-order valence-corrected chi connectivity index (χ1v) is 17.7. The van der Waals surface area contributed by atoms with E-state index < -0.39 is 5.60 Å². The Morgan fingerprint density at radius 2 is 1.67 bits per heavy atom. The van der Waals surface area contributed by atoms with Crippen LogP contribution < -0.4 is 9.47 Å². The normalized spacial score (nSPS) is 33.6. The van der Waals surface area contributed by atoms with Crippen LogP contribution in [0.15, 0.2) is 42.5 Å². The molecule has 2 aromatic rings. The number of piperidine rings is 1. The first kappa shape index (κ1) is 31.1. The van der Waals surface area contributed by atoms with E-state index in [1.165, 1.54) is 36.1 Å². The number of hydrogen-bond donors (Lipinski definition) is 0. The molecule has 0 amide bonds. The standard InChI is InChI=1S/C38H51NO7/c1-40-16-17-42-18-19-43-20-21-45-38-13-12-36(23-30(38)26-44-25-28-6-4-3-5-7-28)32-22-29-10-11-31(41-2)34-33(29)37(36,35(38)46-34)14-15-39(32)24-27-8-9-27/h3-7,10-11,27,30,32,35H,8-9,12-26H2,1-2H3/t30-,32-,35-,36?,37?,38?/m1/s1. The van der Waals surface area contributed by atoms with Gasteiger partial charge >= 0.3 is 0 Å². The number of ether oxygens (including phenoxy) is 7. The van der Waals surface area contributed by atoms with Crippen LogP contribution in [-0.2, 0) is 42.1 Å². The van der Waals surface area contributed by atoms with E-state index in [0.717, 1.165) is 56.1 Å². The summed E-state index contributed by atoms with van der Waals surface area (Å²) in [6.45, 7) is 6.97. The molecule has 2 spiro atoms. The van der Waals surface area contributed by atoms with Crippen LogP contribution in [0.2, 0.25) is 0 Å². The molecule has 3 unspecified atom stereocenters. The third-order valence-electron chi connectivity index (χ3n) is 12.5. The zero-order chi connectivity index (χ0) is 31.2. The Morgan fingerprint density at radius 1 is 0.870 bits per heavy atom. The second-order valence-corrected chi connectivity index (χ2v) is 14.6. The smallest absolute Gasteiger partial charge is 0.165 e. The van der Waals surface area contributed by atoms with Crippen LogP contribution in [0.1, 0.15) is 55.2 Å². The van der Waals surface area contributed by atoms with Gasteiger partial charge in [0.1, 0.15) is 11.7 Å². The van der Waals surface area contributed by atoms with Gasteiger partial charge in [-0.15, -0.1) is 0 Å². The molecule has 6 atom stereocenters. The summed E-state index contributed by atoms with van der Waals surface area (Å²) in [6.07, 6.45) is 8.18. The van der Waals surface area contributed by atoms with Gasteiger partial charge < -0.3 is 33.2 Å². The highest BCUT2D eigenvalue weighted by atomic mass is 16.6. The fraction of sp³-hybridized carbons (Fsp3) is 0.684. The molecule has 4 saturated carbocycles. The molecule has 9 rings (SSSR count). The molecule has 5 aliphatic carbocycles. The van der Waals surface area contributed by atoms with Crippen LogP contribution >= 0.6 is 0 Å². The Kier molecular flexibility index (Phi) is 8.57. The Morgan fingerprint density at radius 3 is 2.46 bits per heavy atom. The second kappa shape index (κ2) is 12.7. The summed E-state index contributed by atoms with van der Waals surface area (Å²) in [6, 6.07) is 15.5. The monoisotopic (exact) mass is 633 g/mol. The topological polar surface area (TPSA) is 67.9 Å². The van der Waals surface area contributed by atoms with E-state index >= 15 is 0 Å². The van der Waals surface area contributed by atoms with Crippen LogP contribution in [0, 0.1) is 17.3 Å². The van der Waals surface area contributed by atoms with Gasteiger partial charge in [-0.25, -0.2) is 0 Å². The van der Waals surface area contributed by atoms with Crippen molar-refractivity contribution in [3.63, 3.8) is 0 Å². The van der Waals surface area contributed by atoms with Crippen molar-refractivity contribution in [1.29, 1.82) is 0 Å². The Hall–Kier alpha value is -2.20. The molecule has 250 valence electrons. The molecule has 0 N–H and O–H groups in total. The summed E-state index contributed by atoms with van der Waals surface area (Å²) in [5, 5.41) is 0. The maximum absolute atomic E-state index is 7.29. The maximum Gasteiger partial charge on any atom is 0.165 e. The van der Waals surface area contributed by atoms with Crippen molar-refractivity contribution in [3.8, 4) is 11.5 Å². The molecule has 4 bridgehead atoms. The maximum atomic E-state index is 7.29. The van der Waals surface area contributed by atoms with Gasteiger partial charge in [0.25, 0.3) is 0 Å². The lowest BCUT2D eigenvalue weighted by atomic mass is 9.35. The van der Waals surface area contributed by atoms with E-state index in [1.54, 1.807) is 14.2 Å². The highest BCUT2D eigenvalue weighted by Crippen LogP contribution is 2.76. The molecule has 5 fully saturated rings. The second-order valence-electron chi connectivity index (χ2n) is 14.6. The van der Waals surface area contributed by atoms with E-state index in [2.05, 4.69) is 47.4 Å². The number of hydrogen-bond acceptors (Lipinski definition) is 8. The molecule has 2 heterocycles. The summed E-state index contributed by atoms with van der Waals surface area (Å²) < 4.78 is 43.7. The minimum absolute atomic E-state index is 0.0684. The third-order valence-corrected chi connectivity index (χ3v) is 12.5. The predicted octanol–water partition coefficient (Wildman–Crippen LogP) is 5.19. The van der Waals surface area contributed by atoms with Crippen LogP contribution in [0.3, 0.4) is 0 Å². The van der Waals surface area contributed by atoms with Gasteiger partial charge in [0, 0.05) is 42.0 Å². The van der Waals surface area contributed by atoms with Crippen molar-refractivity contribution in [2.75, 3.05) is 73.6 Å². The fourth-order valence-electron chi connectivity index (χ4n) is 10.4. The van der Waals surface area contributed by atoms with Crippen molar-refractivity contribution in [3.05, 3.63) is 59.2 Å². The van der Waals surface area contributed by atoms with Gasteiger partial charge in [-0.2, -0.15) is 0 Å². The summed E-state index contributed by atoms with van der Waals surface area (Å²) in [7, 11) is 3.46. The lowest BCUT2D eigenvalue weighted by Crippen LogP contribution is -2.81. The molecular weight excluding hydrogens is 582 g/mol. The van der Waals surface area contributed by atoms with Crippen LogP contribution in [0.5, 0.6) is 11.5 Å². The van der Waals surface area contributed by atoms with Gasteiger partial charge in [0.15, 0.2) is 11.5 Å². The lowest BCUT2D eigenvalue weighted by molar-refractivity contribution is -0.292. The summed E-state index contributed by atoms with van der Waals surface area (Å²) in [5.41, 5.74) is 3.72. The van der Waals surface area contributed by atoms with E-state index in [-0.39, 0.29) is 22.9 Å². The zero-order valence-corrected chi connectivity index (χ0v) is 27.7. The van der Waals surface area contributed by atoms with Crippen molar-refractivity contribution in [2.24, 2.45) is 17.3 Å². The summed E-state index contributed by atoms with van der Waals surface area (Å²) >= 11 is 0. The number of fused-ring (bicyclic) bond motifs is 2. The van der Waals surface area contributed by atoms with Crippen molar-refractivity contribution in [1.82, 2.24) is 4.90 Å². The van der Waals surface area contributed by atoms with Gasteiger partial charge in [0.05, 0.1) is 60.0 Å². The third kappa shape index (κ3) is 4.93. The average molecular weight is 634 g/mol. The van der Waals surface area contributed by atoms with E-state index in [1.807, 2.05) is 0 Å². The van der Waals surface area contributed by atoms with E-state index in [0.29, 0.717) is 58.9 Å². The molecule has 7 aliphatic rings. The highest BCUT2D eigenvalue weighted by Gasteiger charge is 2.80. The predicted molar refractivity (Wildman–Crippen MR) is 174 cm³/mol. The number of methoxy groups -OCH3 is 2. The van der Waals surface area contributed by atoms with Crippen LogP contribution in [0.25, 0.3) is 0 Å². The van der Waals surface area contributed by atoms with E-state index in [4.69, 9.17) is 33.2 Å². The van der Waals surface area contributed by atoms with Crippen molar-refractivity contribution < 1.29 is 33.2 Å². The first-order chi connectivity index (χ1) is 22.6. The van der Waals surface area contributed by atoms with Gasteiger partial charge in [0.2, 0.25) is 0 Å². The van der Waals surface area contributed by atoms with Crippen molar-refractivity contribution >= 4 is 0 Å². The Bertz CT molecular complexity index is 1370. The molecule has 8 heteroatoms. The summed E-state index contributed by atoms with van der Waals surface area (Å²) in [5.74, 6) is 2.94. The number of likely N-dealkylation sites (tertiary alicyclic amines) is 1. The largest absolute Gasteiger partial charge is 0.493 e. The Balaban J connectivity index is 1.10. The summed E-state index contributed by atoms with van der Waals surface area (Å²) in [4.78, 5) is 2.90. The molecule has 2 aliphatic heterocycles. The molecule has 2 aromatic carbocycles. The average Bonchev–Trinajstić information content (AvgIpc) is 3.83. The van der Waals surface area contributed by atoms with Gasteiger partial charge in [-0.1, -0.05) is 36.4 Å². The molecule has 8 nitrogen and oxygen atoms in total. The fourth-order valence-corrected chi connectivity index (χ4v) is 10.4. The Labute approximate surface area is 273 Å². The highest BCUT2D eigenvalue weighted by molar-refractivity contribution is 5.63. The quantitative estimate of drug-likeness (QED) is 0.221. The number of benzene rings is 2. The molecule has 1 saturated heterocycles.